The Morgan fingerprint density at radius 2 is 2.47 bits per heavy atom. The van der Waals surface area contributed by atoms with Gasteiger partial charge in [0, 0.05) is 35.3 Å². The van der Waals surface area contributed by atoms with Gasteiger partial charge >= 0.3 is 0 Å². The number of carbonyl (C=O) groups is 1. The van der Waals surface area contributed by atoms with Crippen LogP contribution in [0.25, 0.3) is 0 Å². The van der Waals surface area contributed by atoms with Gasteiger partial charge in [-0.2, -0.15) is 23.5 Å². The zero-order valence-corrected chi connectivity index (χ0v) is 11.0. The van der Waals surface area contributed by atoms with Crippen molar-refractivity contribution in [2.75, 3.05) is 29.5 Å². The maximum atomic E-state index is 11.9. The first kappa shape index (κ1) is 12.6. The van der Waals surface area contributed by atoms with Gasteiger partial charge in [0.15, 0.2) is 0 Å². The summed E-state index contributed by atoms with van der Waals surface area (Å²) in [6, 6.07) is 1.65. The molecule has 1 atom stereocenters. The Morgan fingerprint density at radius 3 is 3.18 bits per heavy atom. The molecule has 4 nitrogen and oxygen atoms in total. The summed E-state index contributed by atoms with van der Waals surface area (Å²) in [6.07, 6.45) is 3.08. The van der Waals surface area contributed by atoms with Gasteiger partial charge in [-0.1, -0.05) is 0 Å². The predicted molar refractivity (Wildman–Crippen MR) is 74.6 cm³/mol. The highest BCUT2D eigenvalue weighted by Gasteiger charge is 2.16. The van der Waals surface area contributed by atoms with Crippen molar-refractivity contribution in [1.29, 1.82) is 0 Å². The molecule has 92 valence electrons. The van der Waals surface area contributed by atoms with E-state index in [1.807, 2.05) is 23.5 Å². The number of hydrogen-bond donors (Lipinski definition) is 2. The second-order valence-electron chi connectivity index (χ2n) is 3.74. The summed E-state index contributed by atoms with van der Waals surface area (Å²) in [4.78, 5) is 15.7. The van der Waals surface area contributed by atoms with Crippen LogP contribution in [0.1, 0.15) is 10.4 Å². The van der Waals surface area contributed by atoms with Gasteiger partial charge in [0.25, 0.3) is 5.91 Å². The lowest BCUT2D eigenvalue weighted by Crippen LogP contribution is -2.33. The minimum absolute atomic E-state index is 0.110. The number of aromatic nitrogens is 1. The van der Waals surface area contributed by atoms with Gasteiger partial charge in [-0.05, 0) is 6.07 Å². The quantitative estimate of drug-likeness (QED) is 0.864. The van der Waals surface area contributed by atoms with Crippen LogP contribution in [0.2, 0.25) is 0 Å². The van der Waals surface area contributed by atoms with Gasteiger partial charge in [-0.3, -0.25) is 9.78 Å². The molecule has 1 aliphatic heterocycles. The number of carbonyl (C=O) groups excluding carboxylic acids is 1. The summed E-state index contributed by atoms with van der Waals surface area (Å²) in [5.74, 6) is 3.38. The maximum absolute atomic E-state index is 11.9. The van der Waals surface area contributed by atoms with Crippen LogP contribution in [0.3, 0.4) is 0 Å². The molecule has 2 heterocycles. The molecule has 0 aliphatic carbocycles. The van der Waals surface area contributed by atoms with Crippen molar-refractivity contribution in [3.8, 4) is 0 Å². The molecule has 17 heavy (non-hydrogen) atoms. The molecule has 6 heteroatoms. The summed E-state index contributed by atoms with van der Waals surface area (Å²) in [6.45, 7) is 0.707. The van der Waals surface area contributed by atoms with E-state index in [4.69, 9.17) is 5.73 Å². The van der Waals surface area contributed by atoms with Crippen LogP contribution in [0.5, 0.6) is 0 Å². The van der Waals surface area contributed by atoms with Crippen LogP contribution < -0.4 is 11.1 Å². The Balaban J connectivity index is 1.87. The second kappa shape index (κ2) is 6.16. The molecule has 1 aliphatic rings. The second-order valence-corrected chi connectivity index (χ2v) is 6.30. The largest absolute Gasteiger partial charge is 0.397 e. The van der Waals surface area contributed by atoms with Crippen LogP contribution in [-0.4, -0.2) is 39.9 Å². The molecule has 0 aromatic carbocycles. The molecular formula is C11H15N3OS2. The van der Waals surface area contributed by atoms with Gasteiger partial charge < -0.3 is 11.1 Å². The van der Waals surface area contributed by atoms with E-state index in [1.54, 1.807) is 12.3 Å². The van der Waals surface area contributed by atoms with Crippen molar-refractivity contribution in [2.45, 2.75) is 5.25 Å². The fourth-order valence-corrected chi connectivity index (χ4v) is 4.18. The van der Waals surface area contributed by atoms with Gasteiger partial charge in [-0.25, -0.2) is 0 Å². The molecule has 0 bridgehead atoms. The first-order valence-electron chi connectivity index (χ1n) is 5.44. The molecule has 0 spiro atoms. The Kier molecular flexibility index (Phi) is 4.56. The minimum atomic E-state index is -0.110. The number of rotatable bonds is 3. The highest BCUT2D eigenvalue weighted by molar-refractivity contribution is 8.06. The molecule has 1 amide bonds. The molecule has 0 saturated carbocycles. The molecule has 2 rings (SSSR count). The van der Waals surface area contributed by atoms with E-state index in [0.717, 1.165) is 5.75 Å². The zero-order chi connectivity index (χ0) is 12.1. The molecule has 1 aromatic rings. The monoisotopic (exact) mass is 269 g/mol. The number of amides is 1. The van der Waals surface area contributed by atoms with Crippen LogP contribution in [0.15, 0.2) is 18.5 Å². The highest BCUT2D eigenvalue weighted by Crippen LogP contribution is 2.23. The Labute approximate surface area is 109 Å². The van der Waals surface area contributed by atoms with Crippen molar-refractivity contribution in [1.82, 2.24) is 10.3 Å². The lowest BCUT2D eigenvalue weighted by Gasteiger charge is -2.21. The van der Waals surface area contributed by atoms with Gasteiger partial charge in [0.2, 0.25) is 0 Å². The van der Waals surface area contributed by atoms with Crippen molar-refractivity contribution in [3.63, 3.8) is 0 Å². The van der Waals surface area contributed by atoms with Crippen molar-refractivity contribution in [3.05, 3.63) is 24.0 Å². The standard InChI is InChI=1S/C11H15N3OS2/c12-10-6-13-2-1-9(10)11(15)14-5-8-7-16-3-4-17-8/h1-2,6,8H,3-5,7,12H2,(H,14,15). The van der Waals surface area contributed by atoms with Crippen molar-refractivity contribution >= 4 is 35.1 Å². The molecule has 1 saturated heterocycles. The van der Waals surface area contributed by atoms with Crippen LogP contribution in [0.4, 0.5) is 5.69 Å². The third kappa shape index (κ3) is 3.54. The van der Waals surface area contributed by atoms with E-state index in [2.05, 4.69) is 10.3 Å². The highest BCUT2D eigenvalue weighted by atomic mass is 32.2. The summed E-state index contributed by atoms with van der Waals surface area (Å²) in [5.41, 5.74) is 6.63. The maximum Gasteiger partial charge on any atom is 0.253 e. The summed E-state index contributed by atoms with van der Waals surface area (Å²) >= 11 is 3.87. The Bertz CT molecular complexity index is 394. The number of nitrogens with two attached hydrogens (primary N) is 1. The first-order chi connectivity index (χ1) is 8.27. The number of nitrogens with zero attached hydrogens (tertiary/aromatic N) is 1. The van der Waals surface area contributed by atoms with Crippen LogP contribution in [-0.2, 0) is 0 Å². The number of nitrogens with one attached hydrogen (secondary N) is 1. The molecule has 1 fully saturated rings. The van der Waals surface area contributed by atoms with E-state index < -0.39 is 0 Å². The van der Waals surface area contributed by atoms with Gasteiger partial charge in [-0.15, -0.1) is 0 Å². The Hall–Kier alpha value is -0.880. The topological polar surface area (TPSA) is 68.0 Å². The number of nitrogen functional groups attached to an aromatic ring is 1. The third-order valence-corrected chi connectivity index (χ3v) is 5.32. The van der Waals surface area contributed by atoms with E-state index in [-0.39, 0.29) is 5.91 Å². The average Bonchev–Trinajstić information content (AvgIpc) is 2.38. The van der Waals surface area contributed by atoms with Gasteiger partial charge in [0.05, 0.1) is 17.4 Å². The third-order valence-electron chi connectivity index (χ3n) is 2.47. The lowest BCUT2D eigenvalue weighted by molar-refractivity contribution is 0.0955. The van der Waals surface area contributed by atoms with Crippen molar-refractivity contribution in [2.24, 2.45) is 0 Å². The van der Waals surface area contributed by atoms with E-state index in [9.17, 15) is 4.79 Å². The molecular weight excluding hydrogens is 254 g/mol. The average molecular weight is 269 g/mol. The zero-order valence-electron chi connectivity index (χ0n) is 9.39. The van der Waals surface area contributed by atoms with E-state index in [1.165, 1.54) is 17.7 Å². The van der Waals surface area contributed by atoms with Crippen molar-refractivity contribution < 1.29 is 4.79 Å². The number of pyridine rings is 1. The minimum Gasteiger partial charge on any atom is -0.397 e. The van der Waals surface area contributed by atoms with Crippen LogP contribution >= 0.6 is 23.5 Å². The number of hydrogen-bond acceptors (Lipinski definition) is 5. The molecule has 1 unspecified atom stereocenters. The van der Waals surface area contributed by atoms with E-state index >= 15 is 0 Å². The summed E-state index contributed by atoms with van der Waals surface area (Å²) in [7, 11) is 0. The normalized spacial score (nSPS) is 19.9. The van der Waals surface area contributed by atoms with Gasteiger partial charge in [0.1, 0.15) is 0 Å². The summed E-state index contributed by atoms with van der Waals surface area (Å²) < 4.78 is 0. The summed E-state index contributed by atoms with van der Waals surface area (Å²) in [5, 5.41) is 3.44. The van der Waals surface area contributed by atoms with Crippen LogP contribution in [0, 0.1) is 0 Å². The smallest absolute Gasteiger partial charge is 0.253 e. The number of thioether (sulfide) groups is 2. The molecule has 3 N–H and O–H groups in total. The Morgan fingerprint density at radius 1 is 1.59 bits per heavy atom. The molecule has 0 radical (unpaired) electrons. The molecule has 1 aromatic heterocycles. The fourth-order valence-electron chi connectivity index (χ4n) is 1.57. The van der Waals surface area contributed by atoms with E-state index in [0.29, 0.717) is 23.0 Å². The predicted octanol–water partition coefficient (Wildman–Crippen LogP) is 1.24. The number of anilines is 1. The fraction of sp³-hybridized carbons (Fsp3) is 0.455. The lowest BCUT2D eigenvalue weighted by atomic mass is 10.2. The SMILES string of the molecule is Nc1cnccc1C(=O)NCC1CSCCS1. The first-order valence-corrected chi connectivity index (χ1v) is 7.65.